The van der Waals surface area contributed by atoms with Crippen LogP contribution < -0.4 is 0 Å². The molecule has 0 bridgehead atoms. The number of nitrogens with zero attached hydrogens (tertiary/aromatic N) is 3. The average molecular weight is 357 g/mol. The first-order chi connectivity index (χ1) is 11.9. The highest BCUT2D eigenvalue weighted by atomic mass is 32.2. The highest BCUT2D eigenvalue weighted by Crippen LogP contribution is 2.22. The summed E-state index contributed by atoms with van der Waals surface area (Å²) in [5.74, 6) is -1.10. The van der Waals surface area contributed by atoms with Gasteiger partial charge in [0.15, 0.2) is 0 Å². The second-order valence-electron chi connectivity index (χ2n) is 5.38. The van der Waals surface area contributed by atoms with Crippen molar-refractivity contribution in [3.63, 3.8) is 0 Å². The summed E-state index contributed by atoms with van der Waals surface area (Å²) in [4.78, 5) is 10.7. The quantitative estimate of drug-likeness (QED) is 0.707. The van der Waals surface area contributed by atoms with Crippen LogP contribution in [0.25, 0.3) is 17.2 Å². The van der Waals surface area contributed by atoms with Gasteiger partial charge in [-0.15, -0.1) is 0 Å². The summed E-state index contributed by atoms with van der Waals surface area (Å²) in [7, 11) is -1.93. The minimum Gasteiger partial charge on any atom is -0.478 e. The van der Waals surface area contributed by atoms with Crippen molar-refractivity contribution in [1.82, 2.24) is 13.8 Å². The van der Waals surface area contributed by atoms with E-state index < -0.39 is 16.0 Å². The van der Waals surface area contributed by atoms with Crippen LogP contribution in [0.4, 0.5) is 0 Å². The molecule has 0 aliphatic carbocycles. The fourth-order valence-corrected chi connectivity index (χ4v) is 3.52. The van der Waals surface area contributed by atoms with E-state index in [2.05, 4.69) is 5.10 Å². The molecule has 0 amide bonds. The monoisotopic (exact) mass is 357 g/mol. The predicted molar refractivity (Wildman–Crippen MR) is 92.3 cm³/mol. The molecule has 0 saturated heterocycles. The average Bonchev–Trinajstić information content (AvgIpc) is 3.22. The Morgan fingerprint density at radius 3 is 2.44 bits per heavy atom. The normalized spacial score (nSPS) is 11.9. The van der Waals surface area contributed by atoms with Crippen LogP contribution in [0.2, 0.25) is 0 Å². The molecule has 0 aliphatic heterocycles. The molecule has 1 aromatic carbocycles. The Bertz CT molecular complexity index is 1040. The molecule has 25 heavy (non-hydrogen) atoms. The lowest BCUT2D eigenvalue weighted by Crippen LogP contribution is -2.10. The summed E-state index contributed by atoms with van der Waals surface area (Å²) >= 11 is 0. The third kappa shape index (κ3) is 3.53. The molecule has 2 aromatic heterocycles. The lowest BCUT2D eigenvalue weighted by Gasteiger charge is -2.06. The van der Waals surface area contributed by atoms with Crippen molar-refractivity contribution in [2.24, 2.45) is 7.05 Å². The maximum atomic E-state index is 12.6. The second kappa shape index (κ2) is 6.40. The van der Waals surface area contributed by atoms with Gasteiger partial charge < -0.3 is 5.11 Å². The molecule has 0 unspecified atom stereocenters. The summed E-state index contributed by atoms with van der Waals surface area (Å²) in [5.41, 5.74) is 2.25. The summed E-state index contributed by atoms with van der Waals surface area (Å²) in [6.07, 6.45) is 8.58. The van der Waals surface area contributed by atoms with Gasteiger partial charge in [0, 0.05) is 37.3 Å². The topological polar surface area (TPSA) is 94.2 Å². The van der Waals surface area contributed by atoms with Crippen molar-refractivity contribution in [3.05, 3.63) is 66.8 Å². The lowest BCUT2D eigenvalue weighted by atomic mass is 10.1. The van der Waals surface area contributed by atoms with Gasteiger partial charge in [0.05, 0.1) is 11.1 Å². The van der Waals surface area contributed by atoms with Crippen molar-refractivity contribution in [1.29, 1.82) is 0 Å². The van der Waals surface area contributed by atoms with Crippen LogP contribution in [-0.2, 0) is 21.9 Å². The van der Waals surface area contributed by atoms with Crippen LogP contribution in [0.5, 0.6) is 0 Å². The predicted octanol–water partition coefficient (Wildman–Crippen LogP) is 2.22. The van der Waals surface area contributed by atoms with Crippen LogP contribution in [0, 0.1) is 0 Å². The number of hydrogen-bond donors (Lipinski definition) is 1. The van der Waals surface area contributed by atoms with Crippen molar-refractivity contribution < 1.29 is 18.3 Å². The summed E-state index contributed by atoms with van der Waals surface area (Å²) < 4.78 is 28.0. The summed E-state index contributed by atoms with van der Waals surface area (Å²) in [6, 6.07) is 8.03. The van der Waals surface area contributed by atoms with E-state index in [4.69, 9.17) is 5.11 Å². The van der Waals surface area contributed by atoms with Gasteiger partial charge in [-0.05, 0) is 35.4 Å². The zero-order valence-electron chi connectivity index (χ0n) is 13.3. The summed E-state index contributed by atoms with van der Waals surface area (Å²) in [6.45, 7) is 0. The third-order valence-corrected chi connectivity index (χ3v) is 5.23. The number of carboxylic acids is 1. The number of benzene rings is 1. The van der Waals surface area contributed by atoms with Gasteiger partial charge in [-0.1, -0.05) is 12.1 Å². The zero-order valence-corrected chi connectivity index (χ0v) is 14.1. The van der Waals surface area contributed by atoms with Gasteiger partial charge in [-0.3, -0.25) is 4.68 Å². The van der Waals surface area contributed by atoms with Crippen molar-refractivity contribution >= 4 is 22.1 Å². The van der Waals surface area contributed by atoms with Crippen molar-refractivity contribution in [2.75, 3.05) is 0 Å². The van der Waals surface area contributed by atoms with Gasteiger partial charge in [-0.25, -0.2) is 17.2 Å². The Labute approximate surface area is 144 Å². The Balaban J connectivity index is 1.88. The van der Waals surface area contributed by atoms with E-state index in [9.17, 15) is 13.2 Å². The minimum atomic E-state index is -3.74. The van der Waals surface area contributed by atoms with Crippen molar-refractivity contribution in [2.45, 2.75) is 4.90 Å². The van der Waals surface area contributed by atoms with E-state index in [0.29, 0.717) is 5.56 Å². The maximum absolute atomic E-state index is 12.6. The highest BCUT2D eigenvalue weighted by molar-refractivity contribution is 7.90. The number of aromatic nitrogens is 3. The fraction of sp³-hybridized carbons (Fsp3) is 0.0588. The SMILES string of the molecule is Cn1cc(-c2ccc(S(=O)(=O)n3ccc(C=CC(=O)O)c3)cc2)cn1. The van der Waals surface area contributed by atoms with Crippen molar-refractivity contribution in [3.8, 4) is 11.1 Å². The minimum absolute atomic E-state index is 0.143. The lowest BCUT2D eigenvalue weighted by molar-refractivity contribution is -0.131. The number of rotatable bonds is 5. The highest BCUT2D eigenvalue weighted by Gasteiger charge is 2.16. The van der Waals surface area contributed by atoms with E-state index >= 15 is 0 Å². The van der Waals surface area contributed by atoms with Crippen LogP contribution >= 0.6 is 0 Å². The van der Waals surface area contributed by atoms with Crippen LogP contribution in [0.1, 0.15) is 5.56 Å². The molecule has 0 aliphatic rings. The molecule has 0 spiro atoms. The van der Waals surface area contributed by atoms with E-state index in [1.54, 1.807) is 23.0 Å². The standard InChI is InChI=1S/C17H15N3O4S/c1-19-12-15(10-18-19)14-3-5-16(6-4-14)25(23,24)20-9-8-13(11-20)2-7-17(21)22/h2-12H,1H3,(H,21,22). The first kappa shape index (κ1) is 16.7. The number of carboxylic acid groups (broad SMARTS) is 1. The molecule has 2 heterocycles. The number of hydrogen-bond acceptors (Lipinski definition) is 4. The molecule has 3 aromatic rings. The second-order valence-corrected chi connectivity index (χ2v) is 7.22. The van der Waals surface area contributed by atoms with E-state index in [1.807, 2.05) is 13.2 Å². The number of aryl methyl sites for hydroxylation is 1. The maximum Gasteiger partial charge on any atom is 0.328 e. The van der Waals surface area contributed by atoms with Gasteiger partial charge in [0.1, 0.15) is 0 Å². The van der Waals surface area contributed by atoms with Gasteiger partial charge in [-0.2, -0.15) is 5.10 Å². The van der Waals surface area contributed by atoms with Gasteiger partial charge in [0.2, 0.25) is 0 Å². The van der Waals surface area contributed by atoms with E-state index in [0.717, 1.165) is 21.2 Å². The molecule has 0 saturated carbocycles. The largest absolute Gasteiger partial charge is 0.478 e. The first-order valence-corrected chi connectivity index (χ1v) is 8.74. The molecule has 7 nitrogen and oxygen atoms in total. The molecule has 8 heteroatoms. The molecular weight excluding hydrogens is 342 g/mol. The van der Waals surface area contributed by atoms with Gasteiger partial charge >= 0.3 is 5.97 Å². The van der Waals surface area contributed by atoms with Crippen LogP contribution in [0.15, 0.2) is 66.1 Å². The van der Waals surface area contributed by atoms with Gasteiger partial charge in [0.25, 0.3) is 10.0 Å². The first-order valence-electron chi connectivity index (χ1n) is 7.30. The van der Waals surface area contributed by atoms with Crippen LogP contribution in [-0.4, -0.2) is 33.2 Å². The molecule has 0 radical (unpaired) electrons. The number of aliphatic carboxylic acids is 1. The Kier molecular flexibility index (Phi) is 4.28. The molecule has 0 fully saturated rings. The third-order valence-electron chi connectivity index (χ3n) is 3.58. The van der Waals surface area contributed by atoms with E-state index in [-0.39, 0.29) is 4.90 Å². The molecule has 0 atom stereocenters. The fourth-order valence-electron chi connectivity index (χ4n) is 2.32. The Morgan fingerprint density at radius 1 is 1.12 bits per heavy atom. The molecular formula is C17H15N3O4S. The zero-order chi connectivity index (χ0) is 18.0. The number of carbonyl (C=O) groups is 1. The molecule has 3 rings (SSSR count). The Morgan fingerprint density at radius 2 is 1.84 bits per heavy atom. The summed E-state index contributed by atoms with van der Waals surface area (Å²) in [5, 5.41) is 12.7. The Hall–Kier alpha value is -3.13. The smallest absolute Gasteiger partial charge is 0.328 e. The molecule has 1 N–H and O–H groups in total. The molecule has 128 valence electrons. The van der Waals surface area contributed by atoms with E-state index in [1.165, 1.54) is 36.7 Å². The van der Waals surface area contributed by atoms with Crippen LogP contribution in [0.3, 0.4) is 0 Å².